The van der Waals surface area contributed by atoms with Crippen molar-refractivity contribution in [1.82, 2.24) is 9.97 Å². The molecular formula is C14H13N3O4. The topological polar surface area (TPSA) is 101 Å². The molecule has 0 atom stereocenters. The molecule has 0 bridgehead atoms. The normalized spacial score (nSPS) is 9.95. The van der Waals surface area contributed by atoms with E-state index in [2.05, 4.69) is 20.0 Å². The van der Waals surface area contributed by atoms with Gasteiger partial charge in [-0.3, -0.25) is 0 Å². The van der Waals surface area contributed by atoms with Crippen LogP contribution in [0.15, 0.2) is 36.5 Å². The number of carboxylic acids is 1. The molecule has 0 aliphatic rings. The lowest BCUT2D eigenvalue weighted by Crippen LogP contribution is -2.10. The molecule has 1 aromatic heterocycles. The minimum atomic E-state index is -0.965. The third-order valence-electron chi connectivity index (χ3n) is 2.70. The molecule has 2 rings (SSSR count). The molecule has 0 saturated carbocycles. The fraction of sp³-hybridized carbons (Fsp3) is 0.143. The van der Waals surface area contributed by atoms with Gasteiger partial charge in [0.2, 0.25) is 5.82 Å². The number of rotatable bonds is 5. The SMILES string of the molecule is COC(=O)c1nccc(NCc2ccc(C(=O)O)cc2)n1. The maximum Gasteiger partial charge on any atom is 0.376 e. The van der Waals surface area contributed by atoms with Gasteiger partial charge in [-0.1, -0.05) is 12.1 Å². The van der Waals surface area contributed by atoms with Crippen molar-refractivity contribution in [2.45, 2.75) is 6.54 Å². The summed E-state index contributed by atoms with van der Waals surface area (Å²) < 4.78 is 4.54. The highest BCUT2D eigenvalue weighted by Crippen LogP contribution is 2.08. The predicted octanol–water partition coefficient (Wildman–Crippen LogP) is 1.57. The molecule has 108 valence electrons. The maximum absolute atomic E-state index is 11.3. The first-order valence-electron chi connectivity index (χ1n) is 6.07. The van der Waals surface area contributed by atoms with E-state index in [1.807, 2.05) is 0 Å². The highest BCUT2D eigenvalue weighted by atomic mass is 16.5. The van der Waals surface area contributed by atoms with Crippen molar-refractivity contribution in [2.24, 2.45) is 0 Å². The van der Waals surface area contributed by atoms with Crippen LogP contribution in [0.25, 0.3) is 0 Å². The monoisotopic (exact) mass is 287 g/mol. The molecule has 0 amide bonds. The Bertz CT molecular complexity index is 656. The van der Waals surface area contributed by atoms with Gasteiger partial charge in [0.1, 0.15) is 5.82 Å². The number of nitrogens with one attached hydrogen (secondary N) is 1. The number of anilines is 1. The summed E-state index contributed by atoms with van der Waals surface area (Å²) in [7, 11) is 1.26. The van der Waals surface area contributed by atoms with Gasteiger partial charge < -0.3 is 15.2 Å². The van der Waals surface area contributed by atoms with E-state index in [-0.39, 0.29) is 11.4 Å². The van der Waals surface area contributed by atoms with E-state index in [0.29, 0.717) is 12.4 Å². The predicted molar refractivity (Wildman–Crippen MR) is 74.1 cm³/mol. The van der Waals surface area contributed by atoms with Gasteiger partial charge >= 0.3 is 11.9 Å². The quantitative estimate of drug-likeness (QED) is 0.805. The van der Waals surface area contributed by atoms with Crippen molar-refractivity contribution in [3.8, 4) is 0 Å². The minimum absolute atomic E-state index is 0.0243. The van der Waals surface area contributed by atoms with Crippen molar-refractivity contribution in [2.75, 3.05) is 12.4 Å². The van der Waals surface area contributed by atoms with Gasteiger partial charge in [0, 0.05) is 12.7 Å². The number of nitrogens with zero attached hydrogens (tertiary/aromatic N) is 2. The number of benzene rings is 1. The molecule has 7 heteroatoms. The number of ether oxygens (including phenoxy) is 1. The molecule has 21 heavy (non-hydrogen) atoms. The lowest BCUT2D eigenvalue weighted by molar-refractivity contribution is 0.0586. The van der Waals surface area contributed by atoms with Crippen molar-refractivity contribution in [3.63, 3.8) is 0 Å². The molecular weight excluding hydrogens is 274 g/mol. The van der Waals surface area contributed by atoms with Crippen molar-refractivity contribution >= 4 is 17.8 Å². The zero-order valence-corrected chi connectivity index (χ0v) is 11.2. The summed E-state index contributed by atoms with van der Waals surface area (Å²) in [6.45, 7) is 0.442. The Kier molecular flexibility index (Phi) is 4.45. The summed E-state index contributed by atoms with van der Waals surface area (Å²) in [5.74, 6) is -1.12. The zero-order chi connectivity index (χ0) is 15.2. The summed E-state index contributed by atoms with van der Waals surface area (Å²) >= 11 is 0. The number of carbonyl (C=O) groups excluding carboxylic acids is 1. The summed E-state index contributed by atoms with van der Waals surface area (Å²) in [6, 6.07) is 8.09. The number of hydrogen-bond donors (Lipinski definition) is 2. The van der Waals surface area contributed by atoms with E-state index < -0.39 is 11.9 Å². The average Bonchev–Trinajstić information content (AvgIpc) is 2.52. The molecule has 2 aromatic rings. The van der Waals surface area contributed by atoms with Crippen LogP contribution >= 0.6 is 0 Å². The molecule has 7 nitrogen and oxygen atoms in total. The van der Waals surface area contributed by atoms with Gasteiger partial charge in [-0.05, 0) is 23.8 Å². The van der Waals surface area contributed by atoms with Gasteiger partial charge in [-0.15, -0.1) is 0 Å². The molecule has 0 spiro atoms. The van der Waals surface area contributed by atoms with Crippen LogP contribution in [0.3, 0.4) is 0 Å². The highest BCUT2D eigenvalue weighted by molar-refractivity contribution is 5.87. The molecule has 1 aromatic carbocycles. The van der Waals surface area contributed by atoms with Crippen LogP contribution in [-0.4, -0.2) is 34.1 Å². The Hall–Kier alpha value is -2.96. The summed E-state index contributed by atoms with van der Waals surface area (Å²) in [5.41, 5.74) is 1.12. The number of aromatic nitrogens is 2. The Morgan fingerprint density at radius 3 is 2.57 bits per heavy atom. The van der Waals surface area contributed by atoms with Gasteiger partial charge in [-0.2, -0.15) is 0 Å². The minimum Gasteiger partial charge on any atom is -0.478 e. The number of hydrogen-bond acceptors (Lipinski definition) is 6. The second kappa shape index (κ2) is 6.47. The van der Waals surface area contributed by atoms with Crippen LogP contribution in [0, 0.1) is 0 Å². The lowest BCUT2D eigenvalue weighted by Gasteiger charge is -2.06. The van der Waals surface area contributed by atoms with Gasteiger partial charge in [0.25, 0.3) is 0 Å². The standard InChI is InChI=1S/C14H13N3O4/c1-21-14(20)12-15-7-6-11(17-12)16-8-9-2-4-10(5-3-9)13(18)19/h2-7H,8H2,1H3,(H,18,19)(H,15,16,17). The van der Waals surface area contributed by atoms with E-state index in [1.165, 1.54) is 25.4 Å². The fourth-order valence-electron chi connectivity index (χ4n) is 1.60. The lowest BCUT2D eigenvalue weighted by atomic mass is 10.1. The molecule has 1 heterocycles. The van der Waals surface area contributed by atoms with Crippen LogP contribution in [0.1, 0.15) is 26.5 Å². The van der Waals surface area contributed by atoms with E-state index >= 15 is 0 Å². The maximum atomic E-state index is 11.3. The van der Waals surface area contributed by atoms with Gasteiger partial charge in [-0.25, -0.2) is 19.6 Å². The average molecular weight is 287 g/mol. The summed E-state index contributed by atoms with van der Waals surface area (Å²) in [6.07, 6.45) is 1.45. The van der Waals surface area contributed by atoms with Crippen molar-refractivity contribution in [3.05, 3.63) is 53.5 Å². The van der Waals surface area contributed by atoms with E-state index in [4.69, 9.17) is 5.11 Å². The van der Waals surface area contributed by atoms with Gasteiger partial charge in [0.05, 0.1) is 12.7 Å². The number of aromatic carboxylic acids is 1. The zero-order valence-electron chi connectivity index (χ0n) is 11.2. The Labute approximate surface area is 120 Å². The largest absolute Gasteiger partial charge is 0.478 e. The van der Waals surface area contributed by atoms with Crippen LogP contribution in [0.2, 0.25) is 0 Å². The van der Waals surface area contributed by atoms with Crippen molar-refractivity contribution < 1.29 is 19.4 Å². The van der Waals surface area contributed by atoms with E-state index in [0.717, 1.165) is 5.56 Å². The fourth-order valence-corrected chi connectivity index (χ4v) is 1.60. The summed E-state index contributed by atoms with van der Waals surface area (Å²) in [5, 5.41) is 11.8. The molecule has 0 saturated heterocycles. The molecule has 0 aliphatic heterocycles. The van der Waals surface area contributed by atoms with Crippen LogP contribution in [0.5, 0.6) is 0 Å². The number of carboxylic acid groups (broad SMARTS) is 1. The Morgan fingerprint density at radius 2 is 1.95 bits per heavy atom. The second-order valence-electron chi connectivity index (χ2n) is 4.11. The molecule has 0 aliphatic carbocycles. The molecule has 0 unspecified atom stereocenters. The number of carbonyl (C=O) groups is 2. The van der Waals surface area contributed by atoms with Crippen LogP contribution < -0.4 is 5.32 Å². The van der Waals surface area contributed by atoms with E-state index in [1.54, 1.807) is 18.2 Å². The van der Waals surface area contributed by atoms with Crippen LogP contribution in [-0.2, 0) is 11.3 Å². The van der Waals surface area contributed by atoms with Crippen molar-refractivity contribution in [1.29, 1.82) is 0 Å². The van der Waals surface area contributed by atoms with Crippen LogP contribution in [0.4, 0.5) is 5.82 Å². The Balaban J connectivity index is 2.02. The first kappa shape index (κ1) is 14.4. The molecule has 0 fully saturated rings. The first-order valence-corrected chi connectivity index (χ1v) is 6.07. The number of methoxy groups -OCH3 is 1. The second-order valence-corrected chi connectivity index (χ2v) is 4.11. The summed E-state index contributed by atoms with van der Waals surface area (Å²) in [4.78, 5) is 29.9. The number of esters is 1. The highest BCUT2D eigenvalue weighted by Gasteiger charge is 2.09. The van der Waals surface area contributed by atoms with Gasteiger partial charge in [0.15, 0.2) is 0 Å². The first-order chi connectivity index (χ1) is 10.1. The smallest absolute Gasteiger partial charge is 0.376 e. The molecule has 2 N–H and O–H groups in total. The Morgan fingerprint density at radius 1 is 1.24 bits per heavy atom. The molecule has 0 radical (unpaired) electrons. The third-order valence-corrected chi connectivity index (χ3v) is 2.70. The third kappa shape index (κ3) is 3.75. The van der Waals surface area contributed by atoms with E-state index in [9.17, 15) is 9.59 Å².